The molecule has 2 nitrogen and oxygen atoms in total. The molecule has 0 radical (unpaired) electrons. The van der Waals surface area contributed by atoms with Crippen LogP contribution in [0.15, 0.2) is 12.1 Å². The normalized spacial score (nSPS) is 25.1. The number of nitrogens with zero attached hydrogens (tertiary/aromatic N) is 1. The van der Waals surface area contributed by atoms with Gasteiger partial charge in [-0.15, -0.1) is 11.3 Å². The van der Waals surface area contributed by atoms with Crippen LogP contribution in [0.4, 0.5) is 0 Å². The first-order chi connectivity index (χ1) is 8.11. The van der Waals surface area contributed by atoms with Crippen molar-refractivity contribution >= 4 is 22.9 Å². The lowest BCUT2D eigenvalue weighted by atomic mass is 10.0. The van der Waals surface area contributed by atoms with Gasteiger partial charge in [0.2, 0.25) is 0 Å². The number of likely N-dealkylation sites (tertiary alicyclic amines) is 1. The second-order valence-electron chi connectivity index (χ2n) is 5.05. The van der Waals surface area contributed by atoms with Gasteiger partial charge in [0, 0.05) is 17.5 Å². The summed E-state index contributed by atoms with van der Waals surface area (Å²) >= 11 is 7.72. The van der Waals surface area contributed by atoms with E-state index < -0.39 is 0 Å². The smallest absolute Gasteiger partial charge is 0.0931 e. The zero-order valence-corrected chi connectivity index (χ0v) is 12.1. The number of thiophene rings is 1. The van der Waals surface area contributed by atoms with Crippen LogP contribution in [0.1, 0.15) is 37.6 Å². The van der Waals surface area contributed by atoms with E-state index in [-0.39, 0.29) is 6.04 Å². The highest BCUT2D eigenvalue weighted by molar-refractivity contribution is 7.16. The average Bonchev–Trinajstić information content (AvgIpc) is 2.89. The molecule has 4 heteroatoms. The molecule has 1 aliphatic rings. The monoisotopic (exact) mass is 272 g/mol. The van der Waals surface area contributed by atoms with Crippen molar-refractivity contribution in [2.24, 2.45) is 11.7 Å². The van der Waals surface area contributed by atoms with Crippen LogP contribution in [0.25, 0.3) is 0 Å². The lowest BCUT2D eigenvalue weighted by Gasteiger charge is -2.31. The fraction of sp³-hybridized carbons (Fsp3) is 0.692. The van der Waals surface area contributed by atoms with E-state index in [4.69, 9.17) is 17.3 Å². The molecular weight excluding hydrogens is 252 g/mol. The van der Waals surface area contributed by atoms with Gasteiger partial charge in [-0.05, 0) is 37.4 Å². The van der Waals surface area contributed by atoms with Crippen molar-refractivity contribution in [3.8, 4) is 0 Å². The zero-order valence-electron chi connectivity index (χ0n) is 10.5. The Morgan fingerprint density at radius 3 is 2.82 bits per heavy atom. The molecule has 0 bridgehead atoms. The van der Waals surface area contributed by atoms with E-state index in [0.29, 0.717) is 6.04 Å². The molecule has 0 spiro atoms. The molecule has 0 aliphatic carbocycles. The summed E-state index contributed by atoms with van der Waals surface area (Å²) < 4.78 is 0.862. The van der Waals surface area contributed by atoms with E-state index in [9.17, 15) is 0 Å². The first-order valence-corrected chi connectivity index (χ1v) is 7.56. The maximum atomic E-state index is 6.31. The van der Waals surface area contributed by atoms with Crippen LogP contribution < -0.4 is 5.73 Å². The predicted octanol–water partition coefficient (Wildman–Crippen LogP) is 3.52. The summed E-state index contributed by atoms with van der Waals surface area (Å²) in [6, 6.07) is 4.67. The highest BCUT2D eigenvalue weighted by atomic mass is 35.5. The van der Waals surface area contributed by atoms with Gasteiger partial charge < -0.3 is 5.73 Å². The van der Waals surface area contributed by atoms with Crippen LogP contribution in [0.3, 0.4) is 0 Å². The van der Waals surface area contributed by atoms with Crippen molar-refractivity contribution < 1.29 is 0 Å². The number of hydrogen-bond acceptors (Lipinski definition) is 3. The molecule has 96 valence electrons. The lowest BCUT2D eigenvalue weighted by molar-refractivity contribution is 0.207. The molecular formula is C13H21ClN2S. The Labute approximate surface area is 113 Å². The largest absolute Gasteiger partial charge is 0.326 e. The van der Waals surface area contributed by atoms with Gasteiger partial charge in [0.05, 0.1) is 10.4 Å². The summed E-state index contributed by atoms with van der Waals surface area (Å²) in [4.78, 5) is 3.85. The molecule has 1 fully saturated rings. The minimum Gasteiger partial charge on any atom is -0.326 e. The Kier molecular flexibility index (Phi) is 4.47. The molecule has 1 saturated heterocycles. The Balaban J connectivity index is 2.19. The van der Waals surface area contributed by atoms with E-state index in [2.05, 4.69) is 24.8 Å². The Hall–Kier alpha value is -0.0900. The summed E-state index contributed by atoms with van der Waals surface area (Å²) in [7, 11) is 0. The highest BCUT2D eigenvalue weighted by Crippen LogP contribution is 2.35. The number of hydrogen-bond donors (Lipinski definition) is 1. The topological polar surface area (TPSA) is 29.3 Å². The van der Waals surface area contributed by atoms with Gasteiger partial charge in [0.15, 0.2) is 0 Å². The fourth-order valence-electron chi connectivity index (χ4n) is 2.59. The highest BCUT2D eigenvalue weighted by Gasteiger charge is 2.31. The molecule has 1 aromatic rings. The summed E-state index contributed by atoms with van der Waals surface area (Å²) in [5, 5.41) is 0. The molecule has 0 saturated carbocycles. The zero-order chi connectivity index (χ0) is 12.4. The van der Waals surface area contributed by atoms with Crippen LogP contribution in [0.5, 0.6) is 0 Å². The van der Waals surface area contributed by atoms with Crippen molar-refractivity contribution in [3.63, 3.8) is 0 Å². The molecule has 2 N–H and O–H groups in total. The number of rotatable bonds is 4. The molecule has 1 aromatic heterocycles. The maximum absolute atomic E-state index is 6.31. The number of nitrogens with two attached hydrogens (primary N) is 1. The van der Waals surface area contributed by atoms with E-state index >= 15 is 0 Å². The first kappa shape index (κ1) is 13.3. The molecule has 3 unspecified atom stereocenters. The van der Waals surface area contributed by atoms with E-state index in [1.165, 1.54) is 11.3 Å². The van der Waals surface area contributed by atoms with Crippen LogP contribution >= 0.6 is 22.9 Å². The van der Waals surface area contributed by atoms with Crippen LogP contribution in [0.2, 0.25) is 4.34 Å². The van der Waals surface area contributed by atoms with Crippen LogP contribution in [-0.4, -0.2) is 24.0 Å². The predicted molar refractivity (Wildman–Crippen MR) is 75.7 cm³/mol. The van der Waals surface area contributed by atoms with Crippen molar-refractivity contribution in [2.75, 3.05) is 13.1 Å². The summed E-state index contributed by atoms with van der Waals surface area (Å²) in [5.41, 5.74) is 6.31. The second kappa shape index (κ2) is 5.70. The first-order valence-electron chi connectivity index (χ1n) is 6.36. The Morgan fingerprint density at radius 1 is 1.59 bits per heavy atom. The molecule has 0 amide bonds. The molecule has 3 atom stereocenters. The van der Waals surface area contributed by atoms with Gasteiger partial charge in [-0.3, -0.25) is 4.90 Å². The summed E-state index contributed by atoms with van der Waals surface area (Å²) in [6.45, 7) is 6.80. The molecule has 2 rings (SSSR count). The van der Waals surface area contributed by atoms with Crippen molar-refractivity contribution in [3.05, 3.63) is 21.3 Å². The molecule has 1 aliphatic heterocycles. The minimum atomic E-state index is 0.204. The number of halogens is 1. The fourth-order valence-corrected chi connectivity index (χ4v) is 3.87. The van der Waals surface area contributed by atoms with Gasteiger partial charge in [0.1, 0.15) is 0 Å². The third-order valence-electron chi connectivity index (χ3n) is 3.61. The van der Waals surface area contributed by atoms with Crippen molar-refractivity contribution in [1.29, 1.82) is 0 Å². The Morgan fingerprint density at radius 2 is 2.35 bits per heavy atom. The van der Waals surface area contributed by atoms with E-state index in [1.807, 2.05) is 6.07 Å². The van der Waals surface area contributed by atoms with Gasteiger partial charge in [0.25, 0.3) is 0 Å². The average molecular weight is 273 g/mol. The standard InChI is InChI=1S/C13H21ClN2S/c1-3-10(15)13(11-4-5-12(14)17-11)16-7-6-9(2)8-16/h4-5,9-10,13H,3,6-8,15H2,1-2H3. The van der Waals surface area contributed by atoms with Crippen LogP contribution in [-0.2, 0) is 0 Å². The lowest BCUT2D eigenvalue weighted by Crippen LogP contribution is -2.39. The van der Waals surface area contributed by atoms with Crippen molar-refractivity contribution in [2.45, 2.75) is 38.8 Å². The van der Waals surface area contributed by atoms with E-state index in [1.54, 1.807) is 11.3 Å². The summed E-state index contributed by atoms with van der Waals surface area (Å²) in [6.07, 6.45) is 2.29. The molecule has 17 heavy (non-hydrogen) atoms. The van der Waals surface area contributed by atoms with Gasteiger partial charge in [-0.1, -0.05) is 25.4 Å². The van der Waals surface area contributed by atoms with Gasteiger partial charge in [-0.2, -0.15) is 0 Å². The second-order valence-corrected chi connectivity index (χ2v) is 6.79. The summed E-state index contributed by atoms with van der Waals surface area (Å²) in [5.74, 6) is 0.789. The van der Waals surface area contributed by atoms with Gasteiger partial charge >= 0.3 is 0 Å². The molecule has 2 heterocycles. The van der Waals surface area contributed by atoms with E-state index in [0.717, 1.165) is 29.8 Å². The van der Waals surface area contributed by atoms with Crippen molar-refractivity contribution in [1.82, 2.24) is 4.90 Å². The maximum Gasteiger partial charge on any atom is 0.0931 e. The third kappa shape index (κ3) is 3.02. The van der Waals surface area contributed by atoms with Gasteiger partial charge in [-0.25, -0.2) is 0 Å². The van der Waals surface area contributed by atoms with Crippen LogP contribution in [0, 0.1) is 5.92 Å². The SMILES string of the molecule is CCC(N)C(c1ccc(Cl)s1)N1CCC(C)C1. The third-order valence-corrected chi connectivity index (χ3v) is 4.91. The molecule has 0 aromatic carbocycles. The minimum absolute atomic E-state index is 0.204. The quantitative estimate of drug-likeness (QED) is 0.909. The Bertz CT molecular complexity index is 366.